The third-order valence-corrected chi connectivity index (χ3v) is 4.50. The number of nitrogens with one attached hydrogen (secondary N) is 2. The summed E-state index contributed by atoms with van der Waals surface area (Å²) in [6, 6.07) is 13.3. The Bertz CT molecular complexity index is 800. The van der Waals surface area contributed by atoms with Crippen LogP contribution in [0.2, 0.25) is 0 Å². The third kappa shape index (κ3) is 4.46. The van der Waals surface area contributed by atoms with E-state index in [0.29, 0.717) is 11.7 Å². The Kier molecular flexibility index (Phi) is 5.47. The first-order valence-corrected chi connectivity index (χ1v) is 8.77. The van der Waals surface area contributed by atoms with Crippen LogP contribution in [0.15, 0.2) is 58.5 Å². The zero-order valence-corrected chi connectivity index (χ0v) is 14.9. The van der Waals surface area contributed by atoms with Crippen molar-refractivity contribution in [2.45, 2.75) is 6.04 Å². The minimum absolute atomic E-state index is 0.0306. The van der Waals surface area contributed by atoms with E-state index in [1.807, 2.05) is 66.8 Å². The number of aromatic nitrogens is 1. The van der Waals surface area contributed by atoms with Crippen molar-refractivity contribution in [3.05, 3.63) is 59.9 Å². The van der Waals surface area contributed by atoms with Gasteiger partial charge in [-0.05, 0) is 26.2 Å². The van der Waals surface area contributed by atoms with Crippen LogP contribution in [-0.2, 0) is 0 Å². The van der Waals surface area contributed by atoms with Gasteiger partial charge in [-0.3, -0.25) is 10.2 Å². The number of hydrogen-bond acceptors (Lipinski definition) is 5. The zero-order chi connectivity index (χ0) is 17.6. The number of nitrogens with zero attached hydrogens (tertiary/aromatic N) is 2. The lowest BCUT2D eigenvalue weighted by Gasteiger charge is -2.22. The van der Waals surface area contributed by atoms with E-state index in [4.69, 9.17) is 4.42 Å². The van der Waals surface area contributed by atoms with Gasteiger partial charge in [0.05, 0.1) is 18.0 Å². The molecule has 3 aromatic rings. The summed E-state index contributed by atoms with van der Waals surface area (Å²) in [6.07, 6.45) is 1.63. The standard InChI is InChI=1S/C18H20N4O2S/c1-22(2)15(16-9-6-10-24-16)11-19-17(23)21-18-20-14(12-25-18)13-7-4-3-5-8-13/h3-10,12,15H,11H2,1-2H3,(H2,19,20,21,23). The van der Waals surface area contributed by atoms with E-state index in [9.17, 15) is 4.79 Å². The Labute approximate surface area is 150 Å². The molecule has 1 atom stereocenters. The van der Waals surface area contributed by atoms with E-state index in [0.717, 1.165) is 17.0 Å². The fourth-order valence-corrected chi connectivity index (χ4v) is 3.14. The average Bonchev–Trinajstić information content (AvgIpc) is 3.28. The maximum atomic E-state index is 12.2. The van der Waals surface area contributed by atoms with Gasteiger partial charge in [0, 0.05) is 17.5 Å². The molecular formula is C18H20N4O2S. The number of hydrogen-bond donors (Lipinski definition) is 2. The number of benzene rings is 1. The molecule has 1 aromatic carbocycles. The van der Waals surface area contributed by atoms with Gasteiger partial charge in [-0.1, -0.05) is 30.3 Å². The minimum Gasteiger partial charge on any atom is -0.468 e. The quantitative estimate of drug-likeness (QED) is 0.704. The fraction of sp³-hybridized carbons (Fsp3) is 0.222. The first-order chi connectivity index (χ1) is 12.1. The molecule has 3 rings (SSSR count). The maximum Gasteiger partial charge on any atom is 0.321 e. The van der Waals surface area contributed by atoms with Gasteiger partial charge in [-0.15, -0.1) is 11.3 Å². The van der Waals surface area contributed by atoms with Gasteiger partial charge in [0.25, 0.3) is 0 Å². The van der Waals surface area contributed by atoms with Crippen LogP contribution in [-0.4, -0.2) is 36.6 Å². The summed E-state index contributed by atoms with van der Waals surface area (Å²) in [5.41, 5.74) is 1.88. The molecule has 25 heavy (non-hydrogen) atoms. The number of likely N-dealkylation sites (N-methyl/N-ethyl adjacent to an activating group) is 1. The van der Waals surface area contributed by atoms with Crippen LogP contribution in [0.25, 0.3) is 11.3 Å². The Hall–Kier alpha value is -2.64. The second-order valence-electron chi connectivity index (χ2n) is 5.73. The molecule has 0 saturated heterocycles. The van der Waals surface area contributed by atoms with E-state index < -0.39 is 0 Å². The summed E-state index contributed by atoms with van der Waals surface area (Å²) in [6.45, 7) is 0.434. The van der Waals surface area contributed by atoms with Gasteiger partial charge in [0.2, 0.25) is 0 Å². The predicted molar refractivity (Wildman–Crippen MR) is 99.7 cm³/mol. The number of urea groups is 1. The number of anilines is 1. The van der Waals surface area contributed by atoms with E-state index >= 15 is 0 Å². The molecule has 2 heterocycles. The fourth-order valence-electron chi connectivity index (χ4n) is 2.42. The van der Waals surface area contributed by atoms with Crippen LogP contribution in [0.1, 0.15) is 11.8 Å². The van der Waals surface area contributed by atoms with Gasteiger partial charge in [0.1, 0.15) is 5.76 Å². The van der Waals surface area contributed by atoms with Gasteiger partial charge in [0.15, 0.2) is 5.13 Å². The molecule has 0 saturated carbocycles. The number of amides is 2. The first kappa shape index (κ1) is 17.2. The van der Waals surface area contributed by atoms with Crippen molar-refractivity contribution in [1.29, 1.82) is 0 Å². The summed E-state index contributed by atoms with van der Waals surface area (Å²) in [7, 11) is 3.89. The van der Waals surface area contributed by atoms with Crippen LogP contribution >= 0.6 is 11.3 Å². The van der Waals surface area contributed by atoms with Crippen molar-refractivity contribution in [3.63, 3.8) is 0 Å². The molecule has 0 aliphatic rings. The minimum atomic E-state index is -0.285. The molecule has 6 nitrogen and oxygen atoms in total. The summed E-state index contributed by atoms with van der Waals surface area (Å²) in [5, 5.41) is 8.14. The average molecular weight is 356 g/mol. The molecule has 2 amide bonds. The van der Waals surface area contributed by atoms with Crippen molar-refractivity contribution >= 4 is 22.5 Å². The van der Waals surface area contributed by atoms with Crippen LogP contribution < -0.4 is 10.6 Å². The van der Waals surface area contributed by atoms with Gasteiger partial charge in [-0.25, -0.2) is 9.78 Å². The third-order valence-electron chi connectivity index (χ3n) is 3.75. The summed E-state index contributed by atoms with van der Waals surface area (Å²) >= 11 is 1.40. The Balaban J connectivity index is 1.57. The predicted octanol–water partition coefficient (Wildman–Crippen LogP) is 3.83. The molecule has 0 radical (unpaired) electrons. The molecule has 0 aliphatic carbocycles. The lowest BCUT2D eigenvalue weighted by Crippen LogP contribution is -2.36. The van der Waals surface area contributed by atoms with Crippen molar-refractivity contribution in [3.8, 4) is 11.3 Å². The Morgan fingerprint density at radius 3 is 2.72 bits per heavy atom. The SMILES string of the molecule is CN(C)C(CNC(=O)Nc1nc(-c2ccccc2)cs1)c1ccco1. The molecule has 1 unspecified atom stereocenters. The molecule has 130 valence electrons. The highest BCUT2D eigenvalue weighted by atomic mass is 32.1. The molecule has 0 spiro atoms. The smallest absolute Gasteiger partial charge is 0.321 e. The molecule has 0 bridgehead atoms. The summed E-state index contributed by atoms with van der Waals surface area (Å²) < 4.78 is 5.44. The first-order valence-electron chi connectivity index (χ1n) is 7.89. The van der Waals surface area contributed by atoms with Crippen molar-refractivity contribution < 1.29 is 9.21 Å². The largest absolute Gasteiger partial charge is 0.468 e. The zero-order valence-electron chi connectivity index (χ0n) is 14.1. The second-order valence-corrected chi connectivity index (χ2v) is 6.59. The highest BCUT2D eigenvalue weighted by molar-refractivity contribution is 7.14. The molecule has 2 aromatic heterocycles. The van der Waals surface area contributed by atoms with Gasteiger partial charge in [-0.2, -0.15) is 0 Å². The highest BCUT2D eigenvalue weighted by Crippen LogP contribution is 2.24. The number of rotatable bonds is 6. The molecular weight excluding hydrogens is 336 g/mol. The Morgan fingerprint density at radius 1 is 1.24 bits per heavy atom. The van der Waals surface area contributed by atoms with Gasteiger partial charge < -0.3 is 9.73 Å². The molecule has 0 fully saturated rings. The normalized spacial score (nSPS) is 12.1. The lowest BCUT2D eigenvalue weighted by atomic mass is 10.2. The van der Waals surface area contributed by atoms with E-state index in [1.54, 1.807) is 6.26 Å². The van der Waals surface area contributed by atoms with E-state index in [1.165, 1.54) is 11.3 Å². The monoisotopic (exact) mass is 356 g/mol. The van der Waals surface area contributed by atoms with Crippen LogP contribution in [0.3, 0.4) is 0 Å². The van der Waals surface area contributed by atoms with Crippen molar-refractivity contribution in [1.82, 2.24) is 15.2 Å². The lowest BCUT2D eigenvalue weighted by molar-refractivity contribution is 0.233. The van der Waals surface area contributed by atoms with Crippen molar-refractivity contribution in [2.24, 2.45) is 0 Å². The molecule has 7 heteroatoms. The number of carbonyl (C=O) groups is 1. The van der Waals surface area contributed by atoms with E-state index in [2.05, 4.69) is 15.6 Å². The second kappa shape index (κ2) is 7.96. The molecule has 0 aliphatic heterocycles. The van der Waals surface area contributed by atoms with Crippen LogP contribution in [0.4, 0.5) is 9.93 Å². The number of furan rings is 1. The Morgan fingerprint density at radius 2 is 2.04 bits per heavy atom. The summed E-state index contributed by atoms with van der Waals surface area (Å²) in [4.78, 5) is 18.6. The number of carbonyl (C=O) groups excluding carboxylic acids is 1. The highest BCUT2D eigenvalue weighted by Gasteiger charge is 2.18. The van der Waals surface area contributed by atoms with Crippen LogP contribution in [0.5, 0.6) is 0 Å². The van der Waals surface area contributed by atoms with E-state index in [-0.39, 0.29) is 12.1 Å². The topological polar surface area (TPSA) is 70.4 Å². The number of thiazole rings is 1. The maximum absolute atomic E-state index is 12.2. The van der Waals surface area contributed by atoms with Gasteiger partial charge >= 0.3 is 6.03 Å². The van der Waals surface area contributed by atoms with Crippen molar-refractivity contribution in [2.75, 3.05) is 26.0 Å². The molecule has 2 N–H and O–H groups in total. The van der Waals surface area contributed by atoms with Crippen LogP contribution in [0, 0.1) is 0 Å². The summed E-state index contributed by atoms with van der Waals surface area (Å²) in [5.74, 6) is 0.811.